The smallest absolute Gasteiger partial charge is 0.330 e. The van der Waals surface area contributed by atoms with Crippen molar-refractivity contribution in [3.05, 3.63) is 11.6 Å². The molecule has 0 amide bonds. The highest BCUT2D eigenvalue weighted by Crippen LogP contribution is 2.20. The highest BCUT2D eigenvalue weighted by molar-refractivity contribution is 6.02. The van der Waals surface area contributed by atoms with Crippen LogP contribution in [0.15, 0.2) is 11.6 Å². The van der Waals surface area contributed by atoms with Gasteiger partial charge in [0.25, 0.3) is 0 Å². The van der Waals surface area contributed by atoms with E-state index in [1.54, 1.807) is 0 Å². The normalized spacial score (nSPS) is 26.2. The van der Waals surface area contributed by atoms with E-state index in [-0.39, 0.29) is 11.4 Å². The van der Waals surface area contributed by atoms with E-state index >= 15 is 0 Å². The molecule has 13 heavy (non-hydrogen) atoms. The number of aliphatic hydroxyl groups excluding tert-OH is 1. The molecule has 1 rings (SSSR count). The Balaban J connectivity index is 2.79. The molecule has 1 saturated carbocycles. The topological polar surface area (TPSA) is 63.6 Å². The Morgan fingerprint density at radius 1 is 1.69 bits per heavy atom. The fourth-order valence-electron chi connectivity index (χ4n) is 1.30. The Kier molecular flexibility index (Phi) is 3.19. The molecule has 0 spiro atoms. The second-order valence-electron chi connectivity index (χ2n) is 2.95. The van der Waals surface area contributed by atoms with Gasteiger partial charge >= 0.3 is 5.97 Å². The number of hydrogen-bond acceptors (Lipinski definition) is 4. The number of carbonyl (C=O) groups excluding carboxylic acids is 2. The molecule has 4 heteroatoms. The minimum absolute atomic E-state index is 0.163. The van der Waals surface area contributed by atoms with Crippen molar-refractivity contribution in [1.29, 1.82) is 0 Å². The molecule has 1 N–H and O–H groups in total. The van der Waals surface area contributed by atoms with Gasteiger partial charge in [-0.25, -0.2) is 4.79 Å². The molecule has 1 fully saturated rings. The maximum Gasteiger partial charge on any atom is 0.330 e. The third-order valence-electron chi connectivity index (χ3n) is 2.04. The fraction of sp³-hybridized carbons (Fsp3) is 0.556. The van der Waals surface area contributed by atoms with Crippen molar-refractivity contribution in [3.63, 3.8) is 0 Å². The highest BCUT2D eigenvalue weighted by atomic mass is 16.5. The standard InChI is InChI=1S/C9H12O4/c1-13-9(12)5-6-7(10)3-2-4-8(6)11/h5,7,10H,2-4H2,1H3/b6-5-. The number of ketones is 1. The summed E-state index contributed by atoms with van der Waals surface area (Å²) in [4.78, 5) is 22.0. The lowest BCUT2D eigenvalue weighted by molar-refractivity contribution is -0.135. The van der Waals surface area contributed by atoms with Crippen molar-refractivity contribution in [2.75, 3.05) is 7.11 Å². The number of methoxy groups -OCH3 is 1. The van der Waals surface area contributed by atoms with E-state index in [0.717, 1.165) is 6.08 Å². The van der Waals surface area contributed by atoms with E-state index in [2.05, 4.69) is 4.74 Å². The summed E-state index contributed by atoms with van der Waals surface area (Å²) in [6.07, 6.45) is 1.89. The molecule has 1 unspecified atom stereocenters. The molecule has 72 valence electrons. The van der Waals surface area contributed by atoms with Crippen LogP contribution in [0.1, 0.15) is 19.3 Å². The number of rotatable bonds is 1. The van der Waals surface area contributed by atoms with Gasteiger partial charge in [0, 0.05) is 18.1 Å². The first-order valence-corrected chi connectivity index (χ1v) is 4.16. The molecule has 1 aliphatic rings. The summed E-state index contributed by atoms with van der Waals surface area (Å²) in [5, 5.41) is 9.39. The molecule has 0 saturated heterocycles. The summed E-state index contributed by atoms with van der Waals surface area (Å²) in [5.41, 5.74) is 0.179. The number of esters is 1. The lowest BCUT2D eigenvalue weighted by atomic mass is 9.91. The van der Waals surface area contributed by atoms with Crippen LogP contribution < -0.4 is 0 Å². The number of ether oxygens (including phenoxy) is 1. The summed E-state index contributed by atoms with van der Waals surface area (Å²) < 4.78 is 4.37. The Labute approximate surface area is 76.2 Å². The van der Waals surface area contributed by atoms with Crippen LogP contribution in [0.3, 0.4) is 0 Å². The predicted octanol–water partition coefficient (Wildman–Crippen LogP) is 0.200. The Morgan fingerprint density at radius 3 is 2.92 bits per heavy atom. The van der Waals surface area contributed by atoms with E-state index in [4.69, 9.17) is 0 Å². The molecule has 0 aromatic heterocycles. The SMILES string of the molecule is COC(=O)/C=C1\C(=O)CCCC1O. The second kappa shape index (κ2) is 4.18. The molecule has 0 bridgehead atoms. The van der Waals surface area contributed by atoms with Crippen LogP contribution in [-0.2, 0) is 14.3 Å². The zero-order valence-corrected chi connectivity index (χ0v) is 7.45. The summed E-state index contributed by atoms with van der Waals surface area (Å²) >= 11 is 0. The van der Waals surface area contributed by atoms with Gasteiger partial charge in [-0.15, -0.1) is 0 Å². The predicted molar refractivity (Wildman–Crippen MR) is 45.0 cm³/mol. The van der Waals surface area contributed by atoms with Gasteiger partial charge in [0.1, 0.15) is 0 Å². The molecule has 0 radical (unpaired) electrons. The van der Waals surface area contributed by atoms with Crippen LogP contribution in [0.25, 0.3) is 0 Å². The van der Waals surface area contributed by atoms with Crippen LogP contribution in [0, 0.1) is 0 Å². The average molecular weight is 184 g/mol. The first-order valence-electron chi connectivity index (χ1n) is 4.16. The Hall–Kier alpha value is -1.16. The first-order chi connectivity index (χ1) is 6.15. The molecule has 0 heterocycles. The third kappa shape index (κ3) is 2.39. The van der Waals surface area contributed by atoms with Crippen molar-refractivity contribution in [2.24, 2.45) is 0 Å². The van der Waals surface area contributed by atoms with E-state index in [0.29, 0.717) is 19.3 Å². The Morgan fingerprint density at radius 2 is 2.38 bits per heavy atom. The van der Waals surface area contributed by atoms with Crippen LogP contribution in [0.4, 0.5) is 0 Å². The summed E-state index contributed by atoms with van der Waals surface area (Å²) in [6.45, 7) is 0. The van der Waals surface area contributed by atoms with Crippen molar-refractivity contribution in [1.82, 2.24) is 0 Å². The molecule has 4 nitrogen and oxygen atoms in total. The van der Waals surface area contributed by atoms with Gasteiger partial charge in [0.15, 0.2) is 5.78 Å². The van der Waals surface area contributed by atoms with Gasteiger partial charge in [0.2, 0.25) is 0 Å². The monoisotopic (exact) mass is 184 g/mol. The van der Waals surface area contributed by atoms with Crippen LogP contribution in [0.5, 0.6) is 0 Å². The van der Waals surface area contributed by atoms with Crippen LogP contribution in [0.2, 0.25) is 0 Å². The van der Waals surface area contributed by atoms with Gasteiger partial charge in [-0.1, -0.05) is 0 Å². The molecule has 1 aliphatic carbocycles. The van der Waals surface area contributed by atoms with Crippen molar-refractivity contribution in [3.8, 4) is 0 Å². The Bertz CT molecular complexity index is 254. The van der Waals surface area contributed by atoms with E-state index < -0.39 is 12.1 Å². The highest BCUT2D eigenvalue weighted by Gasteiger charge is 2.24. The number of aliphatic hydroxyl groups is 1. The number of carbonyl (C=O) groups is 2. The van der Waals surface area contributed by atoms with Crippen molar-refractivity contribution in [2.45, 2.75) is 25.4 Å². The summed E-state index contributed by atoms with van der Waals surface area (Å²) in [7, 11) is 1.24. The van der Waals surface area contributed by atoms with Gasteiger partial charge in [-0.05, 0) is 12.8 Å². The van der Waals surface area contributed by atoms with Gasteiger partial charge in [0.05, 0.1) is 13.2 Å². The van der Waals surface area contributed by atoms with Gasteiger partial charge in [-0.3, -0.25) is 4.79 Å². The zero-order chi connectivity index (χ0) is 9.84. The lowest BCUT2D eigenvalue weighted by Crippen LogP contribution is -2.24. The van der Waals surface area contributed by atoms with Crippen molar-refractivity contribution < 1.29 is 19.4 Å². The molecule has 1 atom stereocenters. The molecule has 0 aromatic carbocycles. The molecule has 0 aliphatic heterocycles. The first kappa shape index (κ1) is 9.92. The summed E-state index contributed by atoms with van der Waals surface area (Å²) in [6, 6.07) is 0. The molecular formula is C9H12O4. The zero-order valence-electron chi connectivity index (χ0n) is 7.45. The third-order valence-corrected chi connectivity index (χ3v) is 2.04. The van der Waals surface area contributed by atoms with E-state index in [9.17, 15) is 14.7 Å². The van der Waals surface area contributed by atoms with E-state index in [1.807, 2.05) is 0 Å². The molecular weight excluding hydrogens is 172 g/mol. The van der Waals surface area contributed by atoms with Gasteiger partial charge < -0.3 is 9.84 Å². The average Bonchev–Trinajstić information content (AvgIpc) is 2.11. The number of Topliss-reactive ketones (excluding diaryl/α,β-unsaturated/α-hetero) is 1. The quantitative estimate of drug-likeness (QED) is 0.467. The van der Waals surface area contributed by atoms with Gasteiger partial charge in [-0.2, -0.15) is 0 Å². The minimum Gasteiger partial charge on any atom is -0.466 e. The molecule has 0 aromatic rings. The number of hydrogen-bond donors (Lipinski definition) is 1. The lowest BCUT2D eigenvalue weighted by Gasteiger charge is -2.18. The van der Waals surface area contributed by atoms with E-state index in [1.165, 1.54) is 7.11 Å². The summed E-state index contributed by atoms with van der Waals surface area (Å²) in [5.74, 6) is -0.756. The van der Waals surface area contributed by atoms with Crippen LogP contribution in [-0.4, -0.2) is 30.1 Å². The largest absolute Gasteiger partial charge is 0.466 e. The minimum atomic E-state index is -0.805. The van der Waals surface area contributed by atoms with Crippen molar-refractivity contribution >= 4 is 11.8 Å². The maximum absolute atomic E-state index is 11.2. The van der Waals surface area contributed by atoms with Crippen LogP contribution >= 0.6 is 0 Å². The second-order valence-corrected chi connectivity index (χ2v) is 2.95. The maximum atomic E-state index is 11.2. The fourth-order valence-corrected chi connectivity index (χ4v) is 1.30.